The van der Waals surface area contributed by atoms with Crippen LogP contribution in [0.2, 0.25) is 5.02 Å². The molecule has 160 valence electrons. The van der Waals surface area contributed by atoms with Crippen molar-refractivity contribution in [3.63, 3.8) is 0 Å². The predicted molar refractivity (Wildman–Crippen MR) is 116 cm³/mol. The van der Waals surface area contributed by atoms with Crippen LogP contribution in [0.3, 0.4) is 0 Å². The fraction of sp³-hybridized carbons (Fsp3) is 0.348. The number of ether oxygens (including phenoxy) is 2. The van der Waals surface area contributed by atoms with Crippen LogP contribution in [-0.4, -0.2) is 24.3 Å². The molecule has 0 saturated carbocycles. The Bertz CT molecular complexity index is 887. The number of nitrogens with one attached hydrogen (secondary N) is 1. The molecule has 2 rings (SSSR count). The monoisotopic (exact) mass is 431 g/mol. The molecule has 0 aliphatic heterocycles. The first-order chi connectivity index (χ1) is 14.1. The maximum Gasteiger partial charge on any atom is 0.306 e. The Kier molecular flexibility index (Phi) is 8.42. The second kappa shape index (κ2) is 10.8. The fourth-order valence-electron chi connectivity index (χ4n) is 2.31. The van der Waals surface area contributed by atoms with Gasteiger partial charge in [0.15, 0.2) is 12.4 Å². The van der Waals surface area contributed by atoms with Crippen molar-refractivity contribution in [2.75, 3.05) is 11.9 Å². The smallest absolute Gasteiger partial charge is 0.306 e. The molecule has 0 aliphatic rings. The van der Waals surface area contributed by atoms with E-state index in [2.05, 4.69) is 5.32 Å². The van der Waals surface area contributed by atoms with E-state index in [1.165, 1.54) is 0 Å². The van der Waals surface area contributed by atoms with Gasteiger partial charge >= 0.3 is 5.97 Å². The van der Waals surface area contributed by atoms with Gasteiger partial charge in [0.25, 0.3) is 0 Å². The van der Waals surface area contributed by atoms with Crippen LogP contribution in [0.15, 0.2) is 48.5 Å². The summed E-state index contributed by atoms with van der Waals surface area (Å²) in [5, 5.41) is 3.27. The summed E-state index contributed by atoms with van der Waals surface area (Å²) in [7, 11) is 0. The molecule has 0 aromatic heterocycles. The molecule has 6 nitrogen and oxygen atoms in total. The van der Waals surface area contributed by atoms with Gasteiger partial charge in [-0.25, -0.2) is 0 Å². The molecule has 1 N–H and O–H groups in total. The van der Waals surface area contributed by atoms with E-state index in [9.17, 15) is 14.4 Å². The van der Waals surface area contributed by atoms with Crippen LogP contribution in [0.25, 0.3) is 0 Å². The summed E-state index contributed by atoms with van der Waals surface area (Å²) in [4.78, 5) is 35.5. The van der Waals surface area contributed by atoms with Gasteiger partial charge in [0, 0.05) is 23.9 Å². The molecule has 2 aromatic carbocycles. The van der Waals surface area contributed by atoms with Gasteiger partial charge in [-0.1, -0.05) is 44.5 Å². The van der Waals surface area contributed by atoms with Gasteiger partial charge in [0.1, 0.15) is 11.5 Å². The van der Waals surface area contributed by atoms with Gasteiger partial charge in [-0.3, -0.25) is 14.4 Å². The lowest BCUT2D eigenvalue weighted by Crippen LogP contribution is -2.26. The first-order valence-electron chi connectivity index (χ1n) is 9.66. The number of hydrogen-bond acceptors (Lipinski definition) is 5. The summed E-state index contributed by atoms with van der Waals surface area (Å²) in [6.45, 7) is 5.06. The molecule has 0 bridgehead atoms. The van der Waals surface area contributed by atoms with E-state index in [-0.39, 0.29) is 31.1 Å². The third-order valence-corrected chi connectivity index (χ3v) is 4.50. The van der Waals surface area contributed by atoms with Crippen LogP contribution >= 0.6 is 11.6 Å². The Morgan fingerprint density at radius 1 is 0.967 bits per heavy atom. The van der Waals surface area contributed by atoms with Gasteiger partial charge in [0.2, 0.25) is 5.91 Å². The highest BCUT2D eigenvalue weighted by atomic mass is 35.5. The normalized spacial score (nSPS) is 10.9. The minimum atomic E-state index is -0.548. The number of para-hydroxylation sites is 1. The molecule has 0 spiro atoms. The van der Waals surface area contributed by atoms with Gasteiger partial charge < -0.3 is 14.8 Å². The first-order valence-corrected chi connectivity index (χ1v) is 10.0. The number of amides is 1. The van der Waals surface area contributed by atoms with Crippen molar-refractivity contribution >= 4 is 34.9 Å². The van der Waals surface area contributed by atoms with Crippen LogP contribution < -0.4 is 10.1 Å². The van der Waals surface area contributed by atoms with E-state index in [4.69, 9.17) is 21.1 Å². The van der Waals surface area contributed by atoms with Gasteiger partial charge in [-0.15, -0.1) is 0 Å². The van der Waals surface area contributed by atoms with Crippen molar-refractivity contribution in [2.24, 2.45) is 5.41 Å². The SMILES string of the molecule is CC(C)(C)C(=O)COC(=O)CCCC(=O)Nc1ccc(Oc2ccccc2Cl)cc1. The number of hydrogen-bond donors (Lipinski definition) is 1. The van der Waals surface area contributed by atoms with Crippen LogP contribution in [0, 0.1) is 5.41 Å². The summed E-state index contributed by atoms with van der Waals surface area (Å²) in [6.07, 6.45) is 0.581. The van der Waals surface area contributed by atoms with E-state index >= 15 is 0 Å². The van der Waals surface area contributed by atoms with E-state index in [1.807, 2.05) is 12.1 Å². The molecule has 0 fully saturated rings. The van der Waals surface area contributed by atoms with Gasteiger partial charge in [0.05, 0.1) is 5.02 Å². The summed E-state index contributed by atoms with van der Waals surface area (Å²) >= 11 is 6.07. The van der Waals surface area contributed by atoms with Crippen LogP contribution in [0.1, 0.15) is 40.0 Å². The van der Waals surface area contributed by atoms with Crippen molar-refractivity contribution in [1.29, 1.82) is 0 Å². The molecule has 0 unspecified atom stereocenters. The van der Waals surface area contributed by atoms with Crippen molar-refractivity contribution in [1.82, 2.24) is 0 Å². The lowest BCUT2D eigenvalue weighted by atomic mass is 9.91. The average Bonchev–Trinajstić information content (AvgIpc) is 2.68. The van der Waals surface area contributed by atoms with E-state index in [1.54, 1.807) is 57.2 Å². The lowest BCUT2D eigenvalue weighted by Gasteiger charge is -2.16. The molecule has 0 heterocycles. The minimum Gasteiger partial charge on any atom is -0.458 e. The standard InChI is InChI=1S/C23H26ClNO5/c1-23(2,3)20(26)15-29-22(28)10-6-9-21(27)25-16-11-13-17(14-12-16)30-19-8-5-4-7-18(19)24/h4-5,7-8,11-14H,6,9-10,15H2,1-3H3,(H,25,27). The summed E-state index contributed by atoms with van der Waals surface area (Å²) in [6, 6.07) is 14.0. The maximum absolute atomic E-state index is 12.0. The number of carbonyl (C=O) groups is 3. The number of rotatable bonds is 9. The summed E-state index contributed by atoms with van der Waals surface area (Å²) in [5.74, 6) is 0.297. The minimum absolute atomic E-state index is 0.0788. The van der Waals surface area contributed by atoms with E-state index in [0.29, 0.717) is 28.6 Å². The highest BCUT2D eigenvalue weighted by Gasteiger charge is 2.22. The largest absolute Gasteiger partial charge is 0.458 e. The van der Waals surface area contributed by atoms with Crippen LogP contribution in [0.4, 0.5) is 5.69 Å². The number of benzene rings is 2. The zero-order chi connectivity index (χ0) is 22.1. The molecule has 0 radical (unpaired) electrons. The number of anilines is 1. The average molecular weight is 432 g/mol. The molecule has 0 aliphatic carbocycles. The van der Waals surface area contributed by atoms with Gasteiger partial charge in [-0.05, 0) is 42.8 Å². The quantitative estimate of drug-likeness (QED) is 0.537. The van der Waals surface area contributed by atoms with Crippen molar-refractivity contribution in [2.45, 2.75) is 40.0 Å². The molecule has 1 amide bonds. The Labute approximate surface area is 181 Å². The molecule has 7 heteroatoms. The fourth-order valence-corrected chi connectivity index (χ4v) is 2.49. The summed E-state index contributed by atoms with van der Waals surface area (Å²) in [5.41, 5.74) is 0.0681. The highest BCUT2D eigenvalue weighted by molar-refractivity contribution is 6.32. The number of carbonyl (C=O) groups excluding carboxylic acids is 3. The predicted octanol–water partition coefficient (Wildman–Crippen LogP) is 5.40. The highest BCUT2D eigenvalue weighted by Crippen LogP contribution is 2.29. The Balaban J connectivity index is 1.71. The lowest BCUT2D eigenvalue weighted by molar-refractivity contribution is -0.150. The zero-order valence-corrected chi connectivity index (χ0v) is 18.1. The second-order valence-electron chi connectivity index (χ2n) is 7.79. The van der Waals surface area contributed by atoms with Crippen LogP contribution in [0.5, 0.6) is 11.5 Å². The molecule has 0 saturated heterocycles. The van der Waals surface area contributed by atoms with Crippen molar-refractivity contribution in [3.8, 4) is 11.5 Å². The van der Waals surface area contributed by atoms with Gasteiger partial charge in [-0.2, -0.15) is 0 Å². The number of halogens is 1. The topological polar surface area (TPSA) is 81.7 Å². The number of esters is 1. The first kappa shape index (κ1) is 23.4. The van der Waals surface area contributed by atoms with Crippen LogP contribution in [-0.2, 0) is 19.1 Å². The molecular weight excluding hydrogens is 406 g/mol. The Morgan fingerprint density at radius 3 is 2.27 bits per heavy atom. The number of Topliss-reactive ketones (excluding diaryl/α,β-unsaturated/α-hetero) is 1. The van der Waals surface area contributed by atoms with E-state index in [0.717, 1.165) is 0 Å². The van der Waals surface area contributed by atoms with Crippen molar-refractivity contribution < 1.29 is 23.9 Å². The third-order valence-electron chi connectivity index (χ3n) is 4.19. The zero-order valence-electron chi connectivity index (χ0n) is 17.4. The Hall–Kier alpha value is -2.86. The molecule has 2 aromatic rings. The molecule has 30 heavy (non-hydrogen) atoms. The molecule has 0 atom stereocenters. The third kappa shape index (κ3) is 7.87. The Morgan fingerprint density at radius 2 is 1.63 bits per heavy atom. The van der Waals surface area contributed by atoms with Crippen molar-refractivity contribution in [3.05, 3.63) is 53.6 Å². The maximum atomic E-state index is 12.0. The molecular formula is C23H26ClNO5. The second-order valence-corrected chi connectivity index (χ2v) is 8.20. The van der Waals surface area contributed by atoms with E-state index < -0.39 is 11.4 Å². The summed E-state index contributed by atoms with van der Waals surface area (Å²) < 4.78 is 10.7. The number of ketones is 1.